The van der Waals surface area contributed by atoms with Gasteiger partial charge >= 0.3 is 0 Å². The zero-order valence-corrected chi connectivity index (χ0v) is 13.2. The Hall–Kier alpha value is -0.820. The van der Waals surface area contributed by atoms with Crippen LogP contribution in [0, 0.1) is 23.7 Å². The number of hydrogen-bond acceptors (Lipinski definition) is 1. The summed E-state index contributed by atoms with van der Waals surface area (Å²) in [4.78, 5) is 0. The molecule has 4 unspecified atom stereocenters. The Bertz CT molecular complexity index is 434. The van der Waals surface area contributed by atoms with E-state index >= 15 is 0 Å². The van der Waals surface area contributed by atoms with Crippen LogP contribution >= 0.6 is 0 Å². The summed E-state index contributed by atoms with van der Waals surface area (Å²) >= 11 is 0. The minimum atomic E-state index is 0.568. The Morgan fingerprint density at radius 3 is 2.35 bits per heavy atom. The second-order valence-corrected chi connectivity index (χ2v) is 7.44. The number of rotatable bonds is 5. The molecule has 1 aromatic carbocycles. The fourth-order valence-electron chi connectivity index (χ4n) is 4.66. The molecule has 0 aromatic heterocycles. The van der Waals surface area contributed by atoms with E-state index in [2.05, 4.69) is 50.5 Å². The predicted molar refractivity (Wildman–Crippen MR) is 85.7 cm³/mol. The van der Waals surface area contributed by atoms with E-state index in [0.717, 1.165) is 23.7 Å². The van der Waals surface area contributed by atoms with Crippen LogP contribution in [-0.2, 0) is 6.42 Å². The highest BCUT2D eigenvalue weighted by atomic mass is 14.9. The molecule has 110 valence electrons. The topological polar surface area (TPSA) is 12.0 Å². The Balaban J connectivity index is 1.72. The summed E-state index contributed by atoms with van der Waals surface area (Å²) in [7, 11) is 2.14. The van der Waals surface area contributed by atoms with Crippen LogP contribution in [0.4, 0.5) is 0 Å². The number of nitrogens with one attached hydrogen (secondary N) is 1. The molecule has 0 saturated heterocycles. The molecule has 1 nitrogen and oxygen atoms in total. The molecule has 2 bridgehead atoms. The van der Waals surface area contributed by atoms with Gasteiger partial charge in [-0.05, 0) is 67.5 Å². The monoisotopic (exact) mass is 271 g/mol. The Morgan fingerprint density at radius 1 is 1.10 bits per heavy atom. The van der Waals surface area contributed by atoms with Gasteiger partial charge in [0.25, 0.3) is 0 Å². The summed E-state index contributed by atoms with van der Waals surface area (Å²) in [5.41, 5.74) is 2.98. The van der Waals surface area contributed by atoms with Crippen molar-refractivity contribution in [3.05, 3.63) is 35.4 Å². The molecule has 20 heavy (non-hydrogen) atoms. The second-order valence-electron chi connectivity index (χ2n) is 7.44. The lowest BCUT2D eigenvalue weighted by molar-refractivity contribution is 0.259. The molecular weight excluding hydrogens is 242 g/mol. The van der Waals surface area contributed by atoms with Gasteiger partial charge in [0.15, 0.2) is 0 Å². The van der Waals surface area contributed by atoms with Gasteiger partial charge < -0.3 is 5.32 Å². The van der Waals surface area contributed by atoms with Crippen molar-refractivity contribution >= 4 is 0 Å². The SMILES string of the molecule is CNC(c1ccc(CC(C)C)cc1)C1CC2CCC1C2. The first-order chi connectivity index (χ1) is 9.67. The van der Waals surface area contributed by atoms with E-state index in [9.17, 15) is 0 Å². The summed E-state index contributed by atoms with van der Waals surface area (Å²) in [5.74, 6) is 3.62. The normalized spacial score (nSPS) is 30.1. The molecule has 2 fully saturated rings. The molecule has 0 heterocycles. The van der Waals surface area contributed by atoms with Gasteiger partial charge in [-0.3, -0.25) is 0 Å². The van der Waals surface area contributed by atoms with Crippen LogP contribution in [0.15, 0.2) is 24.3 Å². The molecule has 0 radical (unpaired) electrons. The molecule has 3 rings (SSSR count). The summed E-state index contributed by atoms with van der Waals surface area (Å²) in [6, 6.07) is 9.98. The molecule has 0 aliphatic heterocycles. The van der Waals surface area contributed by atoms with Crippen molar-refractivity contribution in [2.45, 2.75) is 52.0 Å². The van der Waals surface area contributed by atoms with Gasteiger partial charge in [-0.25, -0.2) is 0 Å². The molecule has 0 amide bonds. The zero-order valence-electron chi connectivity index (χ0n) is 13.2. The smallest absolute Gasteiger partial charge is 0.0348 e. The minimum absolute atomic E-state index is 0.568. The Kier molecular flexibility index (Phi) is 4.16. The van der Waals surface area contributed by atoms with Crippen LogP contribution in [0.3, 0.4) is 0 Å². The number of hydrogen-bond donors (Lipinski definition) is 1. The van der Waals surface area contributed by atoms with E-state index in [4.69, 9.17) is 0 Å². The van der Waals surface area contributed by atoms with Crippen LogP contribution in [0.25, 0.3) is 0 Å². The van der Waals surface area contributed by atoms with E-state index in [0.29, 0.717) is 6.04 Å². The van der Waals surface area contributed by atoms with Crippen molar-refractivity contribution in [1.82, 2.24) is 5.32 Å². The first-order valence-electron chi connectivity index (χ1n) is 8.43. The van der Waals surface area contributed by atoms with Crippen LogP contribution in [-0.4, -0.2) is 7.05 Å². The van der Waals surface area contributed by atoms with Gasteiger partial charge in [-0.2, -0.15) is 0 Å². The average molecular weight is 271 g/mol. The summed E-state index contributed by atoms with van der Waals surface area (Å²) in [5, 5.41) is 3.61. The molecule has 2 aliphatic rings. The third kappa shape index (κ3) is 2.79. The van der Waals surface area contributed by atoms with Crippen LogP contribution in [0.5, 0.6) is 0 Å². The van der Waals surface area contributed by atoms with Gasteiger partial charge in [0.1, 0.15) is 0 Å². The van der Waals surface area contributed by atoms with Crippen molar-refractivity contribution in [3.8, 4) is 0 Å². The summed E-state index contributed by atoms with van der Waals surface area (Å²) in [6.07, 6.45) is 7.10. The Labute approximate surface area is 124 Å². The fourth-order valence-corrected chi connectivity index (χ4v) is 4.66. The quantitative estimate of drug-likeness (QED) is 0.826. The Morgan fingerprint density at radius 2 is 1.85 bits per heavy atom. The molecule has 1 heteroatoms. The van der Waals surface area contributed by atoms with E-state index in [1.54, 1.807) is 0 Å². The van der Waals surface area contributed by atoms with Crippen molar-refractivity contribution in [1.29, 1.82) is 0 Å². The molecular formula is C19H29N. The maximum atomic E-state index is 3.61. The standard InChI is InChI=1S/C19H29N/c1-13(2)10-14-4-7-16(8-5-14)19(20-3)18-12-15-6-9-17(18)11-15/h4-5,7-8,13,15,17-20H,6,9-12H2,1-3H3. The zero-order chi connectivity index (χ0) is 14.1. The first-order valence-corrected chi connectivity index (χ1v) is 8.43. The highest BCUT2D eigenvalue weighted by Gasteiger charge is 2.42. The average Bonchev–Trinajstić information content (AvgIpc) is 3.03. The summed E-state index contributed by atoms with van der Waals surface area (Å²) < 4.78 is 0. The lowest BCUT2D eigenvalue weighted by atomic mass is 9.80. The first kappa shape index (κ1) is 14.1. The predicted octanol–water partition coefficient (Wildman–Crippen LogP) is 4.58. The maximum Gasteiger partial charge on any atom is 0.0348 e. The molecule has 2 aliphatic carbocycles. The lowest BCUT2D eigenvalue weighted by Gasteiger charge is -2.30. The molecule has 1 aromatic rings. The third-order valence-electron chi connectivity index (χ3n) is 5.51. The van der Waals surface area contributed by atoms with Crippen LogP contribution < -0.4 is 5.32 Å². The van der Waals surface area contributed by atoms with E-state index < -0.39 is 0 Å². The number of benzene rings is 1. The minimum Gasteiger partial charge on any atom is -0.313 e. The summed E-state index contributed by atoms with van der Waals surface area (Å²) in [6.45, 7) is 4.58. The van der Waals surface area contributed by atoms with Gasteiger partial charge in [-0.15, -0.1) is 0 Å². The van der Waals surface area contributed by atoms with Gasteiger partial charge in [0.05, 0.1) is 0 Å². The van der Waals surface area contributed by atoms with Crippen molar-refractivity contribution < 1.29 is 0 Å². The number of fused-ring (bicyclic) bond motifs is 2. The third-order valence-corrected chi connectivity index (χ3v) is 5.51. The molecule has 2 saturated carbocycles. The molecule has 4 atom stereocenters. The fraction of sp³-hybridized carbons (Fsp3) is 0.684. The van der Waals surface area contributed by atoms with Crippen LogP contribution in [0.1, 0.15) is 56.7 Å². The lowest BCUT2D eigenvalue weighted by Crippen LogP contribution is -2.28. The molecule has 1 N–H and O–H groups in total. The van der Waals surface area contributed by atoms with Crippen LogP contribution in [0.2, 0.25) is 0 Å². The molecule has 0 spiro atoms. The van der Waals surface area contributed by atoms with Gasteiger partial charge in [0, 0.05) is 6.04 Å². The van der Waals surface area contributed by atoms with Crippen molar-refractivity contribution in [3.63, 3.8) is 0 Å². The van der Waals surface area contributed by atoms with Gasteiger partial charge in [-0.1, -0.05) is 44.5 Å². The van der Waals surface area contributed by atoms with Crippen molar-refractivity contribution in [2.24, 2.45) is 23.7 Å². The highest BCUT2D eigenvalue weighted by molar-refractivity contribution is 5.26. The van der Waals surface area contributed by atoms with E-state index in [1.807, 2.05) is 0 Å². The van der Waals surface area contributed by atoms with E-state index in [-0.39, 0.29) is 0 Å². The second kappa shape index (κ2) is 5.89. The highest BCUT2D eigenvalue weighted by Crippen LogP contribution is 2.52. The van der Waals surface area contributed by atoms with E-state index in [1.165, 1.54) is 43.2 Å². The largest absolute Gasteiger partial charge is 0.313 e. The van der Waals surface area contributed by atoms with Crippen molar-refractivity contribution in [2.75, 3.05) is 7.05 Å². The van der Waals surface area contributed by atoms with Gasteiger partial charge in [0.2, 0.25) is 0 Å². The maximum absolute atomic E-state index is 3.61.